The summed E-state index contributed by atoms with van der Waals surface area (Å²) in [5.41, 5.74) is 3.48. The predicted molar refractivity (Wildman–Crippen MR) is 104 cm³/mol. The van der Waals surface area contributed by atoms with Gasteiger partial charge in [0.25, 0.3) is 0 Å². The van der Waals surface area contributed by atoms with Crippen molar-refractivity contribution in [2.75, 3.05) is 5.32 Å². The van der Waals surface area contributed by atoms with Crippen molar-refractivity contribution in [3.8, 4) is 6.07 Å². The molecular weight excluding hydrogens is 358 g/mol. The third kappa shape index (κ3) is 2.94. The standard InChI is InChI=1S/C21H13N3O2S/c1-12-11-27-21(24-12)13(9-22)10-23-14-6-7-17-18(8-14)20(26)16-5-3-2-4-15(16)19(17)25/h2-8,10-11,23H,1H3/b13-10+. The first-order chi connectivity index (χ1) is 13.1. The largest absolute Gasteiger partial charge is 0.360 e. The predicted octanol–water partition coefficient (Wildman–Crippen LogP) is 4.20. The Hall–Kier alpha value is -3.56. The average molecular weight is 371 g/mol. The molecule has 6 heteroatoms. The van der Waals surface area contributed by atoms with Crippen molar-refractivity contribution in [2.45, 2.75) is 6.92 Å². The Balaban J connectivity index is 1.68. The lowest BCUT2D eigenvalue weighted by atomic mass is 9.84. The number of nitriles is 1. The van der Waals surface area contributed by atoms with Gasteiger partial charge in [-0.05, 0) is 25.1 Å². The third-order valence-electron chi connectivity index (χ3n) is 4.28. The summed E-state index contributed by atoms with van der Waals surface area (Å²) in [5, 5.41) is 14.9. The van der Waals surface area contributed by atoms with Gasteiger partial charge < -0.3 is 5.32 Å². The van der Waals surface area contributed by atoms with Crippen molar-refractivity contribution < 1.29 is 9.59 Å². The van der Waals surface area contributed by atoms with Gasteiger partial charge in [0, 0.05) is 45.2 Å². The quantitative estimate of drug-likeness (QED) is 0.546. The van der Waals surface area contributed by atoms with E-state index in [-0.39, 0.29) is 11.6 Å². The zero-order chi connectivity index (χ0) is 19.0. The summed E-state index contributed by atoms with van der Waals surface area (Å²) in [6, 6.07) is 13.9. The number of ketones is 2. The minimum Gasteiger partial charge on any atom is -0.360 e. The van der Waals surface area contributed by atoms with Crippen LogP contribution in [0.4, 0.5) is 5.69 Å². The van der Waals surface area contributed by atoms with Crippen LogP contribution in [0.3, 0.4) is 0 Å². The number of thiazole rings is 1. The molecule has 0 bridgehead atoms. The van der Waals surface area contributed by atoms with Gasteiger partial charge in [0.2, 0.25) is 0 Å². The van der Waals surface area contributed by atoms with Crippen molar-refractivity contribution >= 4 is 34.2 Å². The molecule has 0 fully saturated rings. The number of hydrogen-bond donors (Lipinski definition) is 1. The number of nitrogens with one attached hydrogen (secondary N) is 1. The van der Waals surface area contributed by atoms with E-state index in [1.54, 1.807) is 48.7 Å². The number of anilines is 1. The van der Waals surface area contributed by atoms with Crippen LogP contribution in [0.5, 0.6) is 0 Å². The molecule has 130 valence electrons. The molecule has 0 saturated heterocycles. The normalized spacial score (nSPS) is 13.0. The van der Waals surface area contributed by atoms with Crippen LogP contribution in [0.25, 0.3) is 5.57 Å². The van der Waals surface area contributed by atoms with E-state index in [2.05, 4.69) is 16.4 Å². The van der Waals surface area contributed by atoms with Gasteiger partial charge in [-0.3, -0.25) is 9.59 Å². The number of allylic oxidation sites excluding steroid dienone is 1. The molecule has 0 radical (unpaired) electrons. The number of aromatic nitrogens is 1. The van der Waals surface area contributed by atoms with Crippen molar-refractivity contribution in [3.63, 3.8) is 0 Å². The van der Waals surface area contributed by atoms with E-state index in [0.29, 0.717) is 38.5 Å². The topological polar surface area (TPSA) is 82.9 Å². The Morgan fingerprint density at radius 2 is 1.74 bits per heavy atom. The molecule has 1 N–H and O–H groups in total. The number of nitrogens with zero attached hydrogens (tertiary/aromatic N) is 2. The van der Waals surface area contributed by atoms with Crippen LogP contribution in [0, 0.1) is 18.3 Å². The molecule has 0 amide bonds. The van der Waals surface area contributed by atoms with E-state index < -0.39 is 0 Å². The summed E-state index contributed by atoms with van der Waals surface area (Å²) in [5.74, 6) is -0.331. The number of carbonyl (C=O) groups excluding carboxylic acids is 2. The van der Waals surface area contributed by atoms with Crippen molar-refractivity contribution in [1.82, 2.24) is 4.98 Å². The fourth-order valence-electron chi connectivity index (χ4n) is 2.96. The van der Waals surface area contributed by atoms with Gasteiger partial charge in [0.1, 0.15) is 16.6 Å². The van der Waals surface area contributed by atoms with Gasteiger partial charge in [-0.2, -0.15) is 5.26 Å². The molecule has 0 spiro atoms. The molecule has 0 saturated carbocycles. The Bertz CT molecular complexity index is 1170. The Morgan fingerprint density at radius 3 is 2.37 bits per heavy atom. The first-order valence-corrected chi connectivity index (χ1v) is 9.08. The molecular formula is C21H13N3O2S. The molecule has 1 aliphatic rings. The Kier molecular flexibility index (Phi) is 4.15. The molecule has 2 aromatic carbocycles. The molecule has 27 heavy (non-hydrogen) atoms. The minimum absolute atomic E-state index is 0.154. The fraction of sp³-hybridized carbons (Fsp3) is 0.0476. The second kappa shape index (κ2) is 6.63. The first-order valence-electron chi connectivity index (χ1n) is 8.20. The van der Waals surface area contributed by atoms with Crippen LogP contribution in [-0.4, -0.2) is 16.6 Å². The summed E-state index contributed by atoms with van der Waals surface area (Å²) in [6.45, 7) is 1.87. The highest BCUT2D eigenvalue weighted by atomic mass is 32.1. The van der Waals surface area contributed by atoms with Crippen LogP contribution >= 0.6 is 11.3 Å². The molecule has 0 unspecified atom stereocenters. The molecule has 1 aliphatic carbocycles. The van der Waals surface area contributed by atoms with Gasteiger partial charge in [-0.15, -0.1) is 11.3 Å². The van der Waals surface area contributed by atoms with Crippen molar-refractivity contribution in [1.29, 1.82) is 5.26 Å². The van der Waals surface area contributed by atoms with Crippen LogP contribution < -0.4 is 5.32 Å². The highest BCUT2D eigenvalue weighted by Gasteiger charge is 2.29. The SMILES string of the molecule is Cc1csc(/C(C#N)=C/Nc2ccc3c(c2)C(=O)c2ccccc2C3=O)n1. The number of rotatable bonds is 3. The summed E-state index contributed by atoms with van der Waals surface area (Å²) in [7, 11) is 0. The number of hydrogen-bond acceptors (Lipinski definition) is 6. The summed E-state index contributed by atoms with van der Waals surface area (Å²) in [6.07, 6.45) is 1.56. The summed E-state index contributed by atoms with van der Waals surface area (Å²) in [4.78, 5) is 29.7. The Labute approximate surface area is 159 Å². The van der Waals surface area contributed by atoms with Gasteiger partial charge in [-0.25, -0.2) is 4.98 Å². The Morgan fingerprint density at radius 1 is 1.07 bits per heavy atom. The van der Waals surface area contributed by atoms with Gasteiger partial charge in [0.05, 0.1) is 0 Å². The maximum atomic E-state index is 12.8. The van der Waals surface area contributed by atoms with Crippen LogP contribution in [0.15, 0.2) is 54.0 Å². The lowest BCUT2D eigenvalue weighted by molar-refractivity contribution is 0.0979. The second-order valence-corrected chi connectivity index (χ2v) is 6.93. The number of carbonyl (C=O) groups is 2. The minimum atomic E-state index is -0.177. The average Bonchev–Trinajstić information content (AvgIpc) is 3.12. The highest BCUT2D eigenvalue weighted by molar-refractivity contribution is 7.10. The van der Waals surface area contributed by atoms with E-state index in [0.717, 1.165) is 5.69 Å². The molecule has 1 aromatic heterocycles. The second-order valence-electron chi connectivity index (χ2n) is 6.07. The van der Waals surface area contributed by atoms with Gasteiger partial charge in [-0.1, -0.05) is 24.3 Å². The number of fused-ring (bicyclic) bond motifs is 2. The first kappa shape index (κ1) is 16.9. The molecule has 0 aliphatic heterocycles. The number of aryl methyl sites for hydroxylation is 1. The van der Waals surface area contributed by atoms with Crippen molar-refractivity contribution in [2.24, 2.45) is 0 Å². The van der Waals surface area contributed by atoms with Gasteiger partial charge in [0.15, 0.2) is 11.6 Å². The van der Waals surface area contributed by atoms with Crippen molar-refractivity contribution in [3.05, 3.63) is 87.0 Å². The van der Waals surface area contributed by atoms with E-state index in [9.17, 15) is 14.9 Å². The summed E-state index contributed by atoms with van der Waals surface area (Å²) >= 11 is 1.39. The molecule has 1 heterocycles. The van der Waals surface area contributed by atoms with E-state index in [1.807, 2.05) is 12.3 Å². The zero-order valence-electron chi connectivity index (χ0n) is 14.3. The van der Waals surface area contributed by atoms with Crippen LogP contribution in [0.2, 0.25) is 0 Å². The monoisotopic (exact) mass is 371 g/mol. The fourth-order valence-corrected chi connectivity index (χ4v) is 3.73. The lowest BCUT2D eigenvalue weighted by Gasteiger charge is -2.18. The molecule has 4 rings (SSSR count). The molecule has 5 nitrogen and oxygen atoms in total. The maximum absolute atomic E-state index is 12.8. The maximum Gasteiger partial charge on any atom is 0.194 e. The third-order valence-corrected chi connectivity index (χ3v) is 5.27. The highest BCUT2D eigenvalue weighted by Crippen LogP contribution is 2.29. The van der Waals surface area contributed by atoms with Crippen LogP contribution in [-0.2, 0) is 0 Å². The zero-order valence-corrected chi connectivity index (χ0v) is 15.1. The van der Waals surface area contributed by atoms with E-state index in [1.165, 1.54) is 11.3 Å². The van der Waals surface area contributed by atoms with E-state index >= 15 is 0 Å². The lowest BCUT2D eigenvalue weighted by Crippen LogP contribution is -2.20. The molecule has 0 atom stereocenters. The molecule has 3 aromatic rings. The smallest absolute Gasteiger partial charge is 0.194 e. The van der Waals surface area contributed by atoms with E-state index in [4.69, 9.17) is 0 Å². The number of benzene rings is 2. The van der Waals surface area contributed by atoms with Crippen LogP contribution in [0.1, 0.15) is 42.5 Å². The van der Waals surface area contributed by atoms with Gasteiger partial charge >= 0.3 is 0 Å². The summed E-state index contributed by atoms with van der Waals surface area (Å²) < 4.78 is 0.